The van der Waals surface area contributed by atoms with Gasteiger partial charge in [-0.1, -0.05) is 0 Å². The molecule has 0 unspecified atom stereocenters. The number of aromatic nitrogens is 1. The second-order valence-electron chi connectivity index (χ2n) is 6.00. The van der Waals surface area contributed by atoms with E-state index >= 15 is 0 Å². The molecular weight excluding hydrogens is 291 g/mol. The van der Waals surface area contributed by atoms with E-state index in [0.29, 0.717) is 11.5 Å². The van der Waals surface area contributed by atoms with Crippen molar-refractivity contribution in [2.75, 3.05) is 23.8 Å². The number of ether oxygens (including phenoxy) is 1. The molecule has 2 rings (SSSR count). The molecule has 1 atom stereocenters. The van der Waals surface area contributed by atoms with Crippen LogP contribution in [0.5, 0.6) is 0 Å². The van der Waals surface area contributed by atoms with E-state index in [2.05, 4.69) is 15.6 Å². The number of alkyl carbamates (subject to hydrolysis) is 1. The SMILES string of the molecule is CN1C(=O)[C@H](NC(=O)OC(C)(C)C)CNc2ncc(F)cc21. The van der Waals surface area contributed by atoms with Gasteiger partial charge in [-0.15, -0.1) is 0 Å². The first-order valence-corrected chi connectivity index (χ1v) is 6.84. The Balaban J connectivity index is 2.15. The van der Waals surface area contributed by atoms with E-state index in [9.17, 15) is 14.0 Å². The van der Waals surface area contributed by atoms with Gasteiger partial charge in [-0.2, -0.15) is 0 Å². The van der Waals surface area contributed by atoms with Crippen molar-refractivity contribution in [2.45, 2.75) is 32.4 Å². The molecular formula is C14H19FN4O3. The molecule has 0 saturated carbocycles. The monoisotopic (exact) mass is 310 g/mol. The van der Waals surface area contributed by atoms with Gasteiger partial charge in [0.2, 0.25) is 0 Å². The van der Waals surface area contributed by atoms with Gasteiger partial charge >= 0.3 is 6.09 Å². The number of likely N-dealkylation sites (N-methyl/N-ethyl adjacent to an activating group) is 1. The number of carbonyl (C=O) groups excluding carboxylic acids is 2. The molecule has 1 aromatic heterocycles. The number of fused-ring (bicyclic) bond motifs is 1. The predicted octanol–water partition coefficient (Wildman–Crippen LogP) is 1.50. The molecule has 0 aromatic carbocycles. The molecule has 0 spiro atoms. The highest BCUT2D eigenvalue weighted by Crippen LogP contribution is 2.26. The zero-order valence-corrected chi connectivity index (χ0v) is 12.9. The number of pyridine rings is 1. The minimum Gasteiger partial charge on any atom is -0.444 e. The lowest BCUT2D eigenvalue weighted by Gasteiger charge is -2.24. The first-order chi connectivity index (χ1) is 10.2. The number of carbonyl (C=O) groups is 2. The lowest BCUT2D eigenvalue weighted by Crippen LogP contribution is -2.50. The third-order valence-electron chi connectivity index (χ3n) is 2.99. The third kappa shape index (κ3) is 3.63. The van der Waals surface area contributed by atoms with Crippen LogP contribution in [0.4, 0.5) is 20.7 Å². The van der Waals surface area contributed by atoms with Crippen molar-refractivity contribution in [1.29, 1.82) is 0 Å². The molecule has 1 aromatic rings. The summed E-state index contributed by atoms with van der Waals surface area (Å²) in [4.78, 5) is 29.4. The highest BCUT2D eigenvalue weighted by molar-refractivity contribution is 6.01. The summed E-state index contributed by atoms with van der Waals surface area (Å²) in [6.07, 6.45) is 0.373. The maximum Gasteiger partial charge on any atom is 0.408 e. The highest BCUT2D eigenvalue weighted by Gasteiger charge is 2.31. The standard InChI is InChI=1S/C14H19FN4O3/c1-14(2,3)22-13(21)18-9-7-17-11-10(19(4)12(9)20)5-8(15)6-16-11/h5-6,9H,7H2,1-4H3,(H,16,17)(H,18,21)/t9-/m1/s1. The summed E-state index contributed by atoms with van der Waals surface area (Å²) < 4.78 is 18.4. The van der Waals surface area contributed by atoms with Gasteiger partial charge in [0.15, 0.2) is 0 Å². The second-order valence-corrected chi connectivity index (χ2v) is 6.00. The Morgan fingerprint density at radius 2 is 2.23 bits per heavy atom. The molecule has 0 aliphatic carbocycles. The Morgan fingerprint density at radius 3 is 2.86 bits per heavy atom. The number of anilines is 2. The average molecular weight is 310 g/mol. The lowest BCUT2D eigenvalue weighted by atomic mass is 10.2. The quantitative estimate of drug-likeness (QED) is 0.821. The van der Waals surface area contributed by atoms with E-state index in [4.69, 9.17) is 4.74 Å². The normalized spacial score (nSPS) is 18.1. The van der Waals surface area contributed by atoms with Crippen LogP contribution in [0.15, 0.2) is 12.3 Å². The maximum atomic E-state index is 13.3. The zero-order chi connectivity index (χ0) is 16.5. The molecule has 0 bridgehead atoms. The van der Waals surface area contributed by atoms with Crippen molar-refractivity contribution in [2.24, 2.45) is 0 Å². The van der Waals surface area contributed by atoms with Crippen LogP contribution in [0.3, 0.4) is 0 Å². The summed E-state index contributed by atoms with van der Waals surface area (Å²) >= 11 is 0. The number of nitrogens with zero attached hydrogens (tertiary/aromatic N) is 2. The van der Waals surface area contributed by atoms with Gasteiger partial charge in [0.05, 0.1) is 11.9 Å². The first kappa shape index (κ1) is 16.0. The van der Waals surface area contributed by atoms with Crippen LogP contribution in [0.25, 0.3) is 0 Å². The zero-order valence-electron chi connectivity index (χ0n) is 12.9. The van der Waals surface area contributed by atoms with Crippen LogP contribution >= 0.6 is 0 Å². The Labute approximate surface area is 127 Å². The van der Waals surface area contributed by atoms with Crippen molar-refractivity contribution < 1.29 is 18.7 Å². The number of hydrogen-bond acceptors (Lipinski definition) is 5. The van der Waals surface area contributed by atoms with Gasteiger partial charge in [0.25, 0.3) is 5.91 Å². The number of hydrogen-bond donors (Lipinski definition) is 2. The molecule has 1 aliphatic heterocycles. The minimum atomic E-state index is -0.836. The topological polar surface area (TPSA) is 83.6 Å². The first-order valence-electron chi connectivity index (χ1n) is 6.84. The van der Waals surface area contributed by atoms with Crippen LogP contribution in [0.1, 0.15) is 20.8 Å². The van der Waals surface area contributed by atoms with E-state index in [1.54, 1.807) is 20.8 Å². The Bertz CT molecular complexity index is 600. The number of rotatable bonds is 1. The van der Waals surface area contributed by atoms with E-state index in [-0.39, 0.29) is 12.5 Å². The van der Waals surface area contributed by atoms with E-state index in [1.807, 2.05) is 0 Å². The van der Waals surface area contributed by atoms with Gasteiger partial charge in [0.1, 0.15) is 23.3 Å². The summed E-state index contributed by atoms with van der Waals surface area (Å²) in [6, 6.07) is 0.375. The summed E-state index contributed by atoms with van der Waals surface area (Å²) in [5.41, 5.74) is -0.344. The van der Waals surface area contributed by atoms with Crippen molar-refractivity contribution in [3.05, 3.63) is 18.1 Å². The van der Waals surface area contributed by atoms with Gasteiger partial charge < -0.3 is 20.3 Å². The van der Waals surface area contributed by atoms with Crippen LogP contribution in [-0.2, 0) is 9.53 Å². The second kappa shape index (κ2) is 5.78. The smallest absolute Gasteiger partial charge is 0.408 e. The maximum absolute atomic E-state index is 13.3. The molecule has 2 N–H and O–H groups in total. The molecule has 0 fully saturated rings. The highest BCUT2D eigenvalue weighted by atomic mass is 19.1. The number of halogens is 1. The summed E-state index contributed by atoms with van der Waals surface area (Å²) in [5.74, 6) is -0.547. The van der Waals surface area contributed by atoms with Crippen molar-refractivity contribution >= 4 is 23.5 Å². The predicted molar refractivity (Wildman–Crippen MR) is 79.3 cm³/mol. The Kier molecular flexibility index (Phi) is 4.20. The summed E-state index contributed by atoms with van der Waals surface area (Å²) in [5, 5.41) is 5.43. The molecule has 7 nitrogen and oxygen atoms in total. The van der Waals surface area contributed by atoms with Gasteiger partial charge in [-0.3, -0.25) is 4.79 Å². The molecule has 2 heterocycles. The Hall–Kier alpha value is -2.38. The van der Waals surface area contributed by atoms with E-state index in [0.717, 1.165) is 6.20 Å². The largest absolute Gasteiger partial charge is 0.444 e. The molecule has 8 heteroatoms. The van der Waals surface area contributed by atoms with Crippen LogP contribution in [0.2, 0.25) is 0 Å². The molecule has 1 aliphatic rings. The molecule has 2 amide bonds. The number of amides is 2. The van der Waals surface area contributed by atoms with Gasteiger partial charge in [-0.05, 0) is 20.8 Å². The fraction of sp³-hybridized carbons (Fsp3) is 0.500. The van der Waals surface area contributed by atoms with Gasteiger partial charge in [-0.25, -0.2) is 14.2 Å². The molecule has 0 radical (unpaired) electrons. The van der Waals surface area contributed by atoms with Crippen LogP contribution in [0, 0.1) is 5.82 Å². The summed E-state index contributed by atoms with van der Waals surface area (Å²) in [6.45, 7) is 5.32. The molecule has 120 valence electrons. The van der Waals surface area contributed by atoms with Crippen LogP contribution < -0.4 is 15.5 Å². The van der Waals surface area contributed by atoms with Crippen molar-refractivity contribution in [3.8, 4) is 0 Å². The lowest BCUT2D eigenvalue weighted by molar-refractivity contribution is -0.120. The van der Waals surface area contributed by atoms with Gasteiger partial charge in [0, 0.05) is 19.7 Å². The fourth-order valence-corrected chi connectivity index (χ4v) is 2.02. The average Bonchev–Trinajstić information content (AvgIpc) is 2.50. The minimum absolute atomic E-state index is 0.133. The Morgan fingerprint density at radius 1 is 1.55 bits per heavy atom. The summed E-state index contributed by atoms with van der Waals surface area (Å²) in [7, 11) is 1.50. The van der Waals surface area contributed by atoms with Crippen LogP contribution in [-0.4, -0.2) is 42.2 Å². The fourth-order valence-electron chi connectivity index (χ4n) is 2.02. The number of nitrogens with one attached hydrogen (secondary N) is 2. The van der Waals surface area contributed by atoms with Crippen molar-refractivity contribution in [3.63, 3.8) is 0 Å². The van der Waals surface area contributed by atoms with E-state index in [1.165, 1.54) is 18.0 Å². The molecule has 22 heavy (non-hydrogen) atoms. The third-order valence-corrected chi connectivity index (χ3v) is 2.99. The van der Waals surface area contributed by atoms with Crippen molar-refractivity contribution in [1.82, 2.24) is 10.3 Å². The molecule has 0 saturated heterocycles. The van der Waals surface area contributed by atoms with E-state index < -0.39 is 23.6 Å².